The van der Waals surface area contributed by atoms with Crippen molar-refractivity contribution in [2.75, 3.05) is 26.3 Å². The summed E-state index contributed by atoms with van der Waals surface area (Å²) in [5.74, 6) is 0.682. The number of carbonyl (C=O) groups excluding carboxylic acids is 1. The van der Waals surface area contributed by atoms with Crippen molar-refractivity contribution in [1.29, 1.82) is 0 Å². The van der Waals surface area contributed by atoms with Crippen molar-refractivity contribution in [2.45, 2.75) is 13.8 Å². The third-order valence-electron chi connectivity index (χ3n) is 1.67. The molecule has 0 aliphatic carbocycles. The van der Waals surface area contributed by atoms with E-state index in [-0.39, 0.29) is 12.5 Å². The quantitative estimate of drug-likeness (QED) is 0.584. The first-order valence-corrected chi connectivity index (χ1v) is 4.05. The van der Waals surface area contributed by atoms with Crippen LogP contribution in [0.2, 0.25) is 0 Å². The van der Waals surface area contributed by atoms with Crippen molar-refractivity contribution >= 4 is 5.91 Å². The predicted octanol–water partition coefficient (Wildman–Crippen LogP) is 0.501. The number of nitrogens with zero attached hydrogens (tertiary/aromatic N) is 1. The molecule has 3 nitrogen and oxygen atoms in total. The molecular weight excluding hydrogens is 142 g/mol. The third kappa shape index (κ3) is 2.50. The number of carbonyl (C=O) groups is 1. The molecule has 0 atom stereocenters. The Hall–Kier alpha value is -0.570. The van der Waals surface area contributed by atoms with Gasteiger partial charge >= 0.3 is 0 Å². The second-order valence-electron chi connectivity index (χ2n) is 3.29. The van der Waals surface area contributed by atoms with Crippen molar-refractivity contribution in [2.24, 2.45) is 5.92 Å². The Labute approximate surface area is 67.3 Å². The predicted molar refractivity (Wildman–Crippen MR) is 42.2 cm³/mol. The van der Waals surface area contributed by atoms with Crippen LogP contribution in [-0.4, -0.2) is 37.1 Å². The number of ether oxygens (including phenoxy) is 1. The maximum Gasteiger partial charge on any atom is 0.248 e. The molecule has 1 aliphatic heterocycles. The minimum absolute atomic E-state index is 0.130. The highest BCUT2D eigenvalue weighted by atomic mass is 16.5. The van der Waals surface area contributed by atoms with Gasteiger partial charge in [-0.15, -0.1) is 0 Å². The largest absolute Gasteiger partial charge is 0.370 e. The summed E-state index contributed by atoms with van der Waals surface area (Å²) in [6, 6.07) is 0. The molecule has 1 rings (SSSR count). The smallest absolute Gasteiger partial charge is 0.248 e. The van der Waals surface area contributed by atoms with Gasteiger partial charge in [-0.2, -0.15) is 0 Å². The Balaban J connectivity index is 2.36. The monoisotopic (exact) mass is 157 g/mol. The van der Waals surface area contributed by atoms with Crippen molar-refractivity contribution in [3.63, 3.8) is 0 Å². The summed E-state index contributed by atoms with van der Waals surface area (Å²) in [7, 11) is 0. The van der Waals surface area contributed by atoms with Crippen LogP contribution in [0.3, 0.4) is 0 Å². The zero-order valence-corrected chi connectivity index (χ0v) is 7.17. The highest BCUT2D eigenvalue weighted by Crippen LogP contribution is 2.03. The molecule has 0 saturated carbocycles. The number of rotatable bonds is 2. The van der Waals surface area contributed by atoms with Crippen LogP contribution in [-0.2, 0) is 9.53 Å². The molecule has 1 aliphatic rings. The normalized spacial score (nSPS) is 19.5. The molecule has 0 radical (unpaired) electrons. The molecule has 0 bridgehead atoms. The van der Waals surface area contributed by atoms with Crippen molar-refractivity contribution < 1.29 is 9.53 Å². The molecule has 1 fully saturated rings. The second-order valence-corrected chi connectivity index (χ2v) is 3.29. The summed E-state index contributed by atoms with van der Waals surface area (Å²) in [5, 5.41) is 0. The van der Waals surface area contributed by atoms with Crippen molar-refractivity contribution in [3.05, 3.63) is 0 Å². The summed E-state index contributed by atoms with van der Waals surface area (Å²) in [4.78, 5) is 13.0. The number of hydrogen-bond donors (Lipinski definition) is 0. The highest BCUT2D eigenvalue weighted by molar-refractivity contribution is 5.77. The minimum Gasteiger partial charge on any atom is -0.370 e. The zero-order valence-electron chi connectivity index (χ0n) is 7.17. The Morgan fingerprint density at radius 1 is 1.64 bits per heavy atom. The topological polar surface area (TPSA) is 29.5 Å². The van der Waals surface area contributed by atoms with E-state index in [0.29, 0.717) is 12.5 Å². The van der Waals surface area contributed by atoms with E-state index in [1.165, 1.54) is 0 Å². The van der Waals surface area contributed by atoms with E-state index in [0.717, 1.165) is 13.1 Å². The molecule has 1 amide bonds. The molecule has 11 heavy (non-hydrogen) atoms. The highest BCUT2D eigenvalue weighted by Gasteiger charge is 2.18. The number of morpholine rings is 1. The summed E-state index contributed by atoms with van der Waals surface area (Å²) in [6.45, 7) is 6.82. The van der Waals surface area contributed by atoms with Crippen LogP contribution in [0.15, 0.2) is 0 Å². The van der Waals surface area contributed by atoms with E-state index in [9.17, 15) is 4.79 Å². The van der Waals surface area contributed by atoms with Gasteiger partial charge in [0, 0.05) is 13.1 Å². The molecule has 0 aromatic rings. The molecule has 0 N–H and O–H groups in total. The second kappa shape index (κ2) is 3.72. The molecule has 1 heterocycles. The van der Waals surface area contributed by atoms with E-state index >= 15 is 0 Å². The summed E-state index contributed by atoms with van der Waals surface area (Å²) >= 11 is 0. The van der Waals surface area contributed by atoms with Crippen LogP contribution in [0.1, 0.15) is 13.8 Å². The Kier molecular flexibility index (Phi) is 2.88. The molecule has 0 spiro atoms. The number of amides is 1. The van der Waals surface area contributed by atoms with Gasteiger partial charge in [0.15, 0.2) is 0 Å². The van der Waals surface area contributed by atoms with Gasteiger partial charge in [0.2, 0.25) is 5.91 Å². The van der Waals surface area contributed by atoms with Crippen LogP contribution in [0.5, 0.6) is 0 Å². The number of hydrogen-bond acceptors (Lipinski definition) is 2. The summed E-state index contributed by atoms with van der Waals surface area (Å²) < 4.78 is 5.00. The fourth-order valence-corrected chi connectivity index (χ4v) is 1.18. The van der Waals surface area contributed by atoms with Gasteiger partial charge in [-0.05, 0) is 5.92 Å². The van der Waals surface area contributed by atoms with E-state index in [2.05, 4.69) is 13.8 Å². The fraction of sp³-hybridized carbons (Fsp3) is 0.875. The minimum atomic E-state index is 0.130. The van der Waals surface area contributed by atoms with Crippen LogP contribution in [0.25, 0.3) is 0 Å². The maximum absolute atomic E-state index is 11.1. The molecular formula is C8H15NO2. The zero-order chi connectivity index (χ0) is 8.27. The van der Waals surface area contributed by atoms with E-state index < -0.39 is 0 Å². The third-order valence-corrected chi connectivity index (χ3v) is 1.67. The van der Waals surface area contributed by atoms with E-state index in [4.69, 9.17) is 4.74 Å². The first-order valence-electron chi connectivity index (χ1n) is 4.05. The molecule has 3 heteroatoms. The Morgan fingerprint density at radius 2 is 2.36 bits per heavy atom. The van der Waals surface area contributed by atoms with Gasteiger partial charge in [0.05, 0.1) is 6.61 Å². The van der Waals surface area contributed by atoms with Crippen molar-refractivity contribution in [1.82, 2.24) is 4.90 Å². The molecule has 0 aromatic heterocycles. The van der Waals surface area contributed by atoms with Crippen molar-refractivity contribution in [3.8, 4) is 0 Å². The first-order chi connectivity index (χ1) is 5.20. The summed E-state index contributed by atoms with van der Waals surface area (Å²) in [5.41, 5.74) is 0. The van der Waals surface area contributed by atoms with Gasteiger partial charge in [0.25, 0.3) is 0 Å². The average molecular weight is 157 g/mol. The lowest BCUT2D eigenvalue weighted by atomic mass is 10.2. The lowest BCUT2D eigenvalue weighted by Gasteiger charge is -2.28. The van der Waals surface area contributed by atoms with Crippen LogP contribution < -0.4 is 0 Å². The molecule has 0 aromatic carbocycles. The van der Waals surface area contributed by atoms with E-state index in [1.54, 1.807) is 0 Å². The van der Waals surface area contributed by atoms with Crippen LogP contribution >= 0.6 is 0 Å². The Morgan fingerprint density at radius 3 is 2.91 bits per heavy atom. The van der Waals surface area contributed by atoms with Gasteiger partial charge in [-0.1, -0.05) is 13.8 Å². The lowest BCUT2D eigenvalue weighted by Crippen LogP contribution is -2.43. The van der Waals surface area contributed by atoms with Crippen LogP contribution in [0, 0.1) is 5.92 Å². The molecule has 64 valence electrons. The Bertz CT molecular complexity index is 145. The molecule has 1 saturated heterocycles. The lowest BCUT2D eigenvalue weighted by molar-refractivity contribution is -0.143. The average Bonchev–Trinajstić information content (AvgIpc) is 1.93. The van der Waals surface area contributed by atoms with Gasteiger partial charge in [-0.25, -0.2) is 0 Å². The maximum atomic E-state index is 11.1. The molecule has 0 unspecified atom stereocenters. The van der Waals surface area contributed by atoms with E-state index in [1.807, 2.05) is 4.90 Å². The van der Waals surface area contributed by atoms with Gasteiger partial charge in [0.1, 0.15) is 6.61 Å². The standard InChI is InChI=1S/C8H15NO2/c1-7(2)5-9-3-4-11-6-8(9)10/h7H,3-6H2,1-2H3. The first kappa shape index (κ1) is 8.53. The van der Waals surface area contributed by atoms with Crippen LogP contribution in [0.4, 0.5) is 0 Å². The summed E-state index contributed by atoms with van der Waals surface area (Å²) in [6.07, 6.45) is 0. The van der Waals surface area contributed by atoms with Gasteiger partial charge < -0.3 is 9.64 Å². The van der Waals surface area contributed by atoms with Gasteiger partial charge in [-0.3, -0.25) is 4.79 Å². The SMILES string of the molecule is CC(C)CN1CCOCC1=O. The fourth-order valence-electron chi connectivity index (χ4n) is 1.18.